The number of aromatic nitrogens is 1. The number of aryl methyl sites for hydroxylation is 1. The number of hydrogen-bond donors (Lipinski definition) is 1. The molecule has 0 atom stereocenters. The van der Waals surface area contributed by atoms with Gasteiger partial charge in [0, 0.05) is 17.5 Å². The number of aliphatic hydroxyl groups excluding tert-OH is 1. The number of fused-ring (bicyclic) bond motifs is 1. The van der Waals surface area contributed by atoms with Crippen LogP contribution in [-0.2, 0) is 13.2 Å². The Morgan fingerprint density at radius 3 is 2.44 bits per heavy atom. The first kappa shape index (κ1) is 14.0. The molecule has 18 heavy (non-hydrogen) atoms. The van der Waals surface area contributed by atoms with Crippen LogP contribution in [0.15, 0.2) is 12.1 Å². The lowest BCUT2D eigenvalue weighted by atomic mass is 10.2. The first-order valence-corrected chi connectivity index (χ1v) is 7.00. The number of unbranched alkanes of at least 4 members (excludes halogenated alkanes) is 1. The number of nitrogens with zero attached hydrogens (tertiary/aromatic N) is 1. The molecule has 0 saturated heterocycles. The maximum Gasteiger partial charge on any atom is 0.115 e. The van der Waals surface area contributed by atoms with Crippen LogP contribution in [0.1, 0.15) is 25.3 Å². The fourth-order valence-corrected chi connectivity index (χ4v) is 2.73. The first-order valence-electron chi connectivity index (χ1n) is 5.86. The molecular weight excluding hydrogens is 293 g/mol. The standard InChI is InChI=1S/C13H14Cl3NO/c1-2-3-4-17-12-6-11(15)10(14)5-8(12)9(7-18)13(17)16/h5-6,18H,2-4,7H2,1H3. The van der Waals surface area contributed by atoms with Crippen LogP contribution < -0.4 is 0 Å². The van der Waals surface area contributed by atoms with Gasteiger partial charge in [-0.15, -0.1) is 0 Å². The summed E-state index contributed by atoms with van der Waals surface area (Å²) >= 11 is 18.4. The second-order valence-electron chi connectivity index (χ2n) is 4.22. The molecule has 2 aromatic rings. The van der Waals surface area contributed by atoms with Crippen LogP contribution >= 0.6 is 34.8 Å². The van der Waals surface area contributed by atoms with Crippen molar-refractivity contribution in [3.8, 4) is 0 Å². The quantitative estimate of drug-likeness (QED) is 0.854. The van der Waals surface area contributed by atoms with E-state index in [4.69, 9.17) is 34.8 Å². The molecule has 1 aromatic carbocycles. The molecular formula is C13H14Cl3NO. The van der Waals surface area contributed by atoms with Crippen molar-refractivity contribution < 1.29 is 5.11 Å². The zero-order chi connectivity index (χ0) is 13.3. The third kappa shape index (κ3) is 2.35. The summed E-state index contributed by atoms with van der Waals surface area (Å²) in [4.78, 5) is 0. The molecule has 1 aromatic heterocycles. The smallest absolute Gasteiger partial charge is 0.115 e. The molecule has 0 aliphatic rings. The highest BCUT2D eigenvalue weighted by molar-refractivity contribution is 6.43. The number of rotatable bonds is 4. The molecule has 98 valence electrons. The zero-order valence-corrected chi connectivity index (χ0v) is 12.3. The third-order valence-corrected chi connectivity index (χ3v) is 4.19. The maximum atomic E-state index is 9.44. The van der Waals surface area contributed by atoms with E-state index in [1.54, 1.807) is 12.1 Å². The average molecular weight is 307 g/mol. The molecule has 2 nitrogen and oxygen atoms in total. The molecule has 1 heterocycles. The van der Waals surface area contributed by atoms with Gasteiger partial charge in [-0.25, -0.2) is 0 Å². The minimum atomic E-state index is -0.105. The van der Waals surface area contributed by atoms with E-state index in [9.17, 15) is 5.11 Å². The van der Waals surface area contributed by atoms with Gasteiger partial charge in [0.25, 0.3) is 0 Å². The molecule has 0 aliphatic heterocycles. The van der Waals surface area contributed by atoms with Crippen LogP contribution in [0.3, 0.4) is 0 Å². The highest BCUT2D eigenvalue weighted by atomic mass is 35.5. The van der Waals surface area contributed by atoms with Crippen LogP contribution in [0, 0.1) is 0 Å². The third-order valence-electron chi connectivity index (χ3n) is 3.03. The average Bonchev–Trinajstić information content (AvgIpc) is 2.59. The lowest BCUT2D eigenvalue weighted by Crippen LogP contribution is -1.97. The molecule has 0 bridgehead atoms. The monoisotopic (exact) mass is 305 g/mol. The van der Waals surface area contributed by atoms with Crippen molar-refractivity contribution in [1.82, 2.24) is 4.57 Å². The van der Waals surface area contributed by atoms with Crippen molar-refractivity contribution in [1.29, 1.82) is 0 Å². The van der Waals surface area contributed by atoms with E-state index >= 15 is 0 Å². The van der Waals surface area contributed by atoms with Gasteiger partial charge in [-0.1, -0.05) is 48.1 Å². The van der Waals surface area contributed by atoms with Crippen molar-refractivity contribution in [3.05, 3.63) is 32.9 Å². The molecule has 0 fully saturated rings. The fraction of sp³-hybridized carbons (Fsp3) is 0.385. The summed E-state index contributed by atoms with van der Waals surface area (Å²) in [5, 5.41) is 11.9. The van der Waals surface area contributed by atoms with Gasteiger partial charge in [-0.3, -0.25) is 0 Å². The van der Waals surface area contributed by atoms with Crippen molar-refractivity contribution in [2.24, 2.45) is 0 Å². The molecule has 2 rings (SSSR count). The Kier molecular flexibility index (Phi) is 4.44. The van der Waals surface area contributed by atoms with E-state index < -0.39 is 0 Å². The van der Waals surface area contributed by atoms with Gasteiger partial charge >= 0.3 is 0 Å². The van der Waals surface area contributed by atoms with Crippen LogP contribution in [0.2, 0.25) is 15.2 Å². The molecule has 5 heteroatoms. The number of benzene rings is 1. The summed E-state index contributed by atoms with van der Waals surface area (Å²) in [6.45, 7) is 2.83. The predicted octanol–water partition coefficient (Wildman–Crippen LogP) is 4.89. The summed E-state index contributed by atoms with van der Waals surface area (Å²) in [5.41, 5.74) is 1.63. The number of hydrogen-bond acceptors (Lipinski definition) is 1. The second kappa shape index (κ2) is 5.70. The summed E-state index contributed by atoms with van der Waals surface area (Å²) in [5.74, 6) is 0. The molecule has 0 radical (unpaired) electrons. The summed E-state index contributed by atoms with van der Waals surface area (Å²) < 4.78 is 1.98. The lowest BCUT2D eigenvalue weighted by molar-refractivity contribution is 0.283. The molecule has 0 amide bonds. The van der Waals surface area contributed by atoms with E-state index in [0.29, 0.717) is 20.8 Å². The molecule has 1 N–H and O–H groups in total. The Hall–Kier alpha value is -0.410. The lowest BCUT2D eigenvalue weighted by Gasteiger charge is -2.06. The van der Waals surface area contributed by atoms with Gasteiger partial charge in [0.15, 0.2) is 0 Å². The van der Waals surface area contributed by atoms with E-state index in [1.807, 2.05) is 4.57 Å². The van der Waals surface area contributed by atoms with E-state index in [-0.39, 0.29) is 6.61 Å². The van der Waals surface area contributed by atoms with E-state index in [2.05, 4.69) is 6.92 Å². The van der Waals surface area contributed by atoms with Crippen LogP contribution in [0.5, 0.6) is 0 Å². The minimum absolute atomic E-state index is 0.105. The maximum absolute atomic E-state index is 9.44. The van der Waals surface area contributed by atoms with E-state index in [1.165, 1.54) is 0 Å². The Labute approximate surface area is 121 Å². The molecule has 0 aliphatic carbocycles. The molecule has 0 spiro atoms. The summed E-state index contributed by atoms with van der Waals surface area (Å²) in [6.07, 6.45) is 2.10. The molecule has 0 saturated carbocycles. The first-order chi connectivity index (χ1) is 8.60. The van der Waals surface area contributed by atoms with Crippen LogP contribution in [0.4, 0.5) is 0 Å². The van der Waals surface area contributed by atoms with Crippen LogP contribution in [0.25, 0.3) is 10.9 Å². The minimum Gasteiger partial charge on any atom is -0.392 e. The fourth-order valence-electron chi connectivity index (χ4n) is 2.07. The van der Waals surface area contributed by atoms with Gasteiger partial charge in [-0.05, 0) is 18.6 Å². The highest BCUT2D eigenvalue weighted by Crippen LogP contribution is 2.35. The Balaban J connectivity index is 2.68. The van der Waals surface area contributed by atoms with E-state index in [0.717, 1.165) is 30.3 Å². The number of halogens is 3. The van der Waals surface area contributed by atoms with Gasteiger partial charge in [0.1, 0.15) is 5.15 Å². The Bertz CT molecular complexity index is 577. The van der Waals surface area contributed by atoms with Crippen LogP contribution in [-0.4, -0.2) is 9.67 Å². The Morgan fingerprint density at radius 2 is 1.83 bits per heavy atom. The van der Waals surface area contributed by atoms with Gasteiger partial charge in [0.2, 0.25) is 0 Å². The predicted molar refractivity (Wildman–Crippen MR) is 77.8 cm³/mol. The summed E-state index contributed by atoms with van der Waals surface area (Å²) in [7, 11) is 0. The van der Waals surface area contributed by atoms with Gasteiger partial charge in [0.05, 0.1) is 22.2 Å². The van der Waals surface area contributed by atoms with Gasteiger partial charge in [-0.2, -0.15) is 0 Å². The van der Waals surface area contributed by atoms with Gasteiger partial charge < -0.3 is 9.67 Å². The van der Waals surface area contributed by atoms with Crippen molar-refractivity contribution in [3.63, 3.8) is 0 Å². The number of aliphatic hydroxyl groups is 1. The second-order valence-corrected chi connectivity index (χ2v) is 5.39. The zero-order valence-electron chi connectivity index (χ0n) is 10.0. The highest BCUT2D eigenvalue weighted by Gasteiger charge is 2.16. The topological polar surface area (TPSA) is 25.2 Å². The summed E-state index contributed by atoms with van der Waals surface area (Å²) in [6, 6.07) is 3.57. The largest absolute Gasteiger partial charge is 0.392 e. The van der Waals surface area contributed by atoms with Crippen molar-refractivity contribution >= 4 is 45.7 Å². The molecule has 0 unspecified atom stereocenters. The van der Waals surface area contributed by atoms with Crippen molar-refractivity contribution in [2.45, 2.75) is 32.9 Å². The Morgan fingerprint density at radius 1 is 1.17 bits per heavy atom. The normalized spacial score (nSPS) is 11.4. The van der Waals surface area contributed by atoms with Crippen molar-refractivity contribution in [2.75, 3.05) is 0 Å². The SMILES string of the molecule is CCCCn1c(Cl)c(CO)c2cc(Cl)c(Cl)cc21.